The lowest BCUT2D eigenvalue weighted by molar-refractivity contribution is -0.118. The smallest absolute Gasteiger partial charge is 0.216 e. The van der Waals surface area contributed by atoms with Gasteiger partial charge in [0.15, 0.2) is 0 Å². The van der Waals surface area contributed by atoms with E-state index in [0.29, 0.717) is 6.54 Å². The minimum absolute atomic E-state index is 0.0178. The number of rotatable bonds is 5. The Labute approximate surface area is 153 Å². The van der Waals surface area contributed by atoms with Crippen LogP contribution in [0, 0.1) is 0 Å². The highest BCUT2D eigenvalue weighted by molar-refractivity contribution is 6.08. The van der Waals surface area contributed by atoms with E-state index in [9.17, 15) is 4.79 Å². The van der Waals surface area contributed by atoms with Gasteiger partial charge < -0.3 is 9.88 Å². The maximum absolute atomic E-state index is 11.1. The molecule has 3 aromatic carbocycles. The van der Waals surface area contributed by atoms with E-state index in [0.717, 1.165) is 13.0 Å². The fourth-order valence-corrected chi connectivity index (χ4v) is 3.57. The van der Waals surface area contributed by atoms with Crippen LogP contribution >= 0.6 is 0 Å². The van der Waals surface area contributed by atoms with Crippen molar-refractivity contribution in [3.63, 3.8) is 0 Å². The molecule has 0 fully saturated rings. The average Bonchev–Trinajstić information content (AvgIpc) is 2.96. The van der Waals surface area contributed by atoms with Gasteiger partial charge in [0.05, 0.1) is 0 Å². The number of nitrogens with one attached hydrogen (secondary N) is 1. The molecule has 3 heteroatoms. The fourth-order valence-electron chi connectivity index (χ4n) is 3.57. The molecule has 0 bridgehead atoms. The summed E-state index contributed by atoms with van der Waals surface area (Å²) in [5, 5.41) is 5.44. The predicted octanol–water partition coefficient (Wildman–Crippen LogP) is 4.52. The molecule has 0 radical (unpaired) electrons. The molecule has 1 N–H and O–H groups in total. The Morgan fingerprint density at radius 1 is 0.846 bits per heavy atom. The Bertz CT molecular complexity index is 1060. The summed E-state index contributed by atoms with van der Waals surface area (Å²) in [6.07, 6.45) is 0.836. The van der Waals surface area contributed by atoms with Crippen molar-refractivity contribution in [3.8, 4) is 0 Å². The first-order valence-corrected chi connectivity index (χ1v) is 9.00. The minimum atomic E-state index is 0.0178. The summed E-state index contributed by atoms with van der Waals surface area (Å²) in [5.74, 6) is 0.0178. The number of benzene rings is 3. The molecule has 0 atom stereocenters. The Morgan fingerprint density at radius 3 is 2.38 bits per heavy atom. The average molecular weight is 342 g/mol. The summed E-state index contributed by atoms with van der Waals surface area (Å²) in [7, 11) is 0. The first-order chi connectivity index (χ1) is 12.7. The summed E-state index contributed by atoms with van der Waals surface area (Å²) in [6.45, 7) is 3.07. The molecule has 0 spiro atoms. The molecule has 4 rings (SSSR count). The van der Waals surface area contributed by atoms with Gasteiger partial charge in [-0.1, -0.05) is 60.7 Å². The van der Waals surface area contributed by atoms with Crippen LogP contribution in [0.2, 0.25) is 0 Å². The van der Waals surface area contributed by atoms with Crippen LogP contribution < -0.4 is 5.32 Å². The molecule has 0 aliphatic heterocycles. The zero-order valence-corrected chi connectivity index (χ0v) is 14.9. The van der Waals surface area contributed by atoms with Crippen LogP contribution in [0.25, 0.3) is 21.8 Å². The number of carbonyl (C=O) groups is 1. The molecule has 26 heavy (non-hydrogen) atoms. The van der Waals surface area contributed by atoms with Crippen molar-refractivity contribution >= 4 is 27.7 Å². The highest BCUT2D eigenvalue weighted by Gasteiger charge is 2.11. The van der Waals surface area contributed by atoms with Gasteiger partial charge in [-0.15, -0.1) is 0 Å². The third-order valence-electron chi connectivity index (χ3n) is 4.81. The van der Waals surface area contributed by atoms with E-state index in [2.05, 4.69) is 82.7 Å². The summed E-state index contributed by atoms with van der Waals surface area (Å²) >= 11 is 0. The largest absolute Gasteiger partial charge is 0.356 e. The van der Waals surface area contributed by atoms with E-state index in [4.69, 9.17) is 0 Å². The number of fused-ring (bicyclic) bond motifs is 3. The Hall–Kier alpha value is -3.07. The Kier molecular flexibility index (Phi) is 4.44. The molecule has 0 saturated carbocycles. The molecular formula is C23H22N2O. The van der Waals surface area contributed by atoms with Crippen LogP contribution in [0.5, 0.6) is 0 Å². The summed E-state index contributed by atoms with van der Waals surface area (Å²) in [4.78, 5) is 11.1. The summed E-state index contributed by atoms with van der Waals surface area (Å²) < 4.78 is 2.39. The second kappa shape index (κ2) is 7.04. The van der Waals surface area contributed by atoms with Crippen molar-refractivity contribution in [2.75, 3.05) is 6.54 Å². The van der Waals surface area contributed by atoms with E-state index in [1.165, 1.54) is 32.9 Å². The van der Waals surface area contributed by atoms with Crippen molar-refractivity contribution in [1.82, 2.24) is 9.88 Å². The molecule has 1 heterocycles. The van der Waals surface area contributed by atoms with E-state index in [1.807, 2.05) is 0 Å². The molecule has 0 aliphatic carbocycles. The van der Waals surface area contributed by atoms with Crippen LogP contribution in [0.3, 0.4) is 0 Å². The van der Waals surface area contributed by atoms with Crippen molar-refractivity contribution < 1.29 is 4.79 Å². The van der Waals surface area contributed by atoms with Gasteiger partial charge in [0.25, 0.3) is 0 Å². The van der Waals surface area contributed by atoms with Crippen molar-refractivity contribution in [1.29, 1.82) is 0 Å². The van der Waals surface area contributed by atoms with Gasteiger partial charge in [-0.25, -0.2) is 0 Å². The highest BCUT2D eigenvalue weighted by Crippen LogP contribution is 2.30. The van der Waals surface area contributed by atoms with Gasteiger partial charge in [-0.2, -0.15) is 0 Å². The van der Waals surface area contributed by atoms with Crippen LogP contribution in [0.15, 0.2) is 72.8 Å². The van der Waals surface area contributed by atoms with E-state index >= 15 is 0 Å². The first-order valence-electron chi connectivity index (χ1n) is 9.00. The molecule has 0 unspecified atom stereocenters. The molecule has 0 aliphatic rings. The van der Waals surface area contributed by atoms with Crippen molar-refractivity contribution in [2.45, 2.75) is 19.9 Å². The second-order valence-corrected chi connectivity index (χ2v) is 6.67. The summed E-state index contributed by atoms with van der Waals surface area (Å²) in [6, 6.07) is 25.8. The Balaban J connectivity index is 1.79. The van der Waals surface area contributed by atoms with Gasteiger partial charge in [0.2, 0.25) is 5.91 Å². The number of aromatic nitrogens is 1. The molecular weight excluding hydrogens is 320 g/mol. The molecule has 0 saturated heterocycles. The van der Waals surface area contributed by atoms with Gasteiger partial charge >= 0.3 is 0 Å². The molecule has 1 aromatic heterocycles. The zero-order valence-electron chi connectivity index (χ0n) is 14.9. The maximum Gasteiger partial charge on any atom is 0.216 e. The quantitative estimate of drug-likeness (QED) is 0.568. The van der Waals surface area contributed by atoms with Gasteiger partial charge in [-0.3, -0.25) is 4.79 Å². The topological polar surface area (TPSA) is 34.0 Å². The number of hydrogen-bond donors (Lipinski definition) is 1. The van der Waals surface area contributed by atoms with E-state index in [1.54, 1.807) is 6.92 Å². The summed E-state index contributed by atoms with van der Waals surface area (Å²) in [5.41, 5.74) is 5.03. The van der Waals surface area contributed by atoms with Crippen LogP contribution in [0.4, 0.5) is 0 Å². The lowest BCUT2D eigenvalue weighted by atomic mass is 10.1. The number of nitrogens with zero attached hydrogens (tertiary/aromatic N) is 1. The van der Waals surface area contributed by atoms with Gasteiger partial charge in [0, 0.05) is 41.8 Å². The zero-order chi connectivity index (χ0) is 17.9. The van der Waals surface area contributed by atoms with Gasteiger partial charge in [-0.05, 0) is 29.7 Å². The molecule has 3 nitrogen and oxygen atoms in total. The van der Waals surface area contributed by atoms with Crippen LogP contribution in [-0.2, 0) is 17.8 Å². The fraction of sp³-hybridized carbons (Fsp3) is 0.174. The van der Waals surface area contributed by atoms with E-state index < -0.39 is 0 Å². The monoisotopic (exact) mass is 342 g/mol. The maximum atomic E-state index is 11.1. The van der Waals surface area contributed by atoms with Crippen molar-refractivity contribution in [2.24, 2.45) is 0 Å². The lowest BCUT2D eigenvalue weighted by Gasteiger charge is -2.09. The number of para-hydroxylation sites is 1. The standard InChI is InChI=1S/C23H22N2O/c1-17(26)24-14-13-18-11-12-21-20-9-5-6-10-22(20)25(23(21)15-18)16-19-7-3-2-4-8-19/h2-12,15H,13-14,16H2,1H3,(H,24,26). The minimum Gasteiger partial charge on any atom is -0.356 e. The van der Waals surface area contributed by atoms with Crippen LogP contribution in [-0.4, -0.2) is 17.0 Å². The predicted molar refractivity (Wildman–Crippen MR) is 107 cm³/mol. The van der Waals surface area contributed by atoms with Crippen LogP contribution in [0.1, 0.15) is 18.1 Å². The molecule has 130 valence electrons. The third kappa shape index (κ3) is 3.21. The highest BCUT2D eigenvalue weighted by atomic mass is 16.1. The lowest BCUT2D eigenvalue weighted by Crippen LogP contribution is -2.22. The number of carbonyl (C=O) groups excluding carboxylic acids is 1. The first kappa shape index (κ1) is 16.4. The van der Waals surface area contributed by atoms with E-state index in [-0.39, 0.29) is 5.91 Å². The Morgan fingerprint density at radius 2 is 1.58 bits per heavy atom. The number of hydrogen-bond acceptors (Lipinski definition) is 1. The third-order valence-corrected chi connectivity index (χ3v) is 4.81. The van der Waals surface area contributed by atoms with Crippen molar-refractivity contribution in [3.05, 3.63) is 83.9 Å². The normalized spacial score (nSPS) is 11.1. The molecule has 4 aromatic rings. The number of amides is 1. The van der Waals surface area contributed by atoms with Gasteiger partial charge in [0.1, 0.15) is 0 Å². The molecule has 1 amide bonds. The second-order valence-electron chi connectivity index (χ2n) is 6.67. The SMILES string of the molecule is CC(=O)NCCc1ccc2c3ccccc3n(Cc3ccccc3)c2c1.